The Hall–Kier alpha value is -2.42. The fraction of sp³-hybridized carbons (Fsp3) is 0.167. The van der Waals surface area contributed by atoms with Crippen molar-refractivity contribution in [1.82, 2.24) is 9.97 Å². The second-order valence-electron chi connectivity index (χ2n) is 3.90. The molecule has 110 valence electrons. The minimum Gasteiger partial charge on any atom is -0.495 e. The first-order valence-electron chi connectivity index (χ1n) is 5.84. The predicted octanol–water partition coefficient (Wildman–Crippen LogP) is 2.94. The number of methoxy groups -OCH3 is 1. The summed E-state index contributed by atoms with van der Waals surface area (Å²) in [7, 11) is 3.10. The van der Waals surface area contributed by atoms with E-state index in [0.29, 0.717) is 11.4 Å². The number of hydrogen-bond donors (Lipinski definition) is 2. The van der Waals surface area contributed by atoms with Gasteiger partial charge >= 0.3 is 5.69 Å². The van der Waals surface area contributed by atoms with Crippen LogP contribution < -0.4 is 15.4 Å². The van der Waals surface area contributed by atoms with Gasteiger partial charge in [0, 0.05) is 18.8 Å². The molecule has 0 unspecified atom stereocenters. The van der Waals surface area contributed by atoms with Gasteiger partial charge in [-0.1, -0.05) is 0 Å². The van der Waals surface area contributed by atoms with Gasteiger partial charge in [0.2, 0.25) is 11.6 Å². The molecule has 0 aliphatic rings. The van der Waals surface area contributed by atoms with Crippen LogP contribution in [0, 0.1) is 10.1 Å². The summed E-state index contributed by atoms with van der Waals surface area (Å²) in [5.74, 6) is 0.843. The van der Waals surface area contributed by atoms with E-state index in [1.54, 1.807) is 25.2 Å². The Labute approximate surface area is 128 Å². The van der Waals surface area contributed by atoms with Crippen LogP contribution in [0.5, 0.6) is 5.75 Å². The van der Waals surface area contributed by atoms with Crippen molar-refractivity contribution < 1.29 is 9.66 Å². The average molecular weight is 354 g/mol. The van der Waals surface area contributed by atoms with Crippen molar-refractivity contribution in [2.75, 3.05) is 24.8 Å². The third-order valence-electron chi connectivity index (χ3n) is 2.66. The molecule has 9 heteroatoms. The molecule has 2 rings (SSSR count). The van der Waals surface area contributed by atoms with Gasteiger partial charge in [-0.05, 0) is 28.1 Å². The van der Waals surface area contributed by atoms with Crippen LogP contribution >= 0.6 is 15.9 Å². The van der Waals surface area contributed by atoms with Gasteiger partial charge in [-0.3, -0.25) is 10.1 Å². The standard InChI is InChI=1S/C12H12BrN5O3/c1-14-11-10(18(19)20)12(16-6-15-11)17-7-3-4-8(13)9(5-7)21-2/h3-6H,1-2H3,(H2,14,15,16,17). The van der Waals surface area contributed by atoms with E-state index in [9.17, 15) is 10.1 Å². The van der Waals surface area contributed by atoms with Gasteiger partial charge in [-0.15, -0.1) is 0 Å². The molecule has 21 heavy (non-hydrogen) atoms. The summed E-state index contributed by atoms with van der Waals surface area (Å²) in [6.45, 7) is 0. The third kappa shape index (κ3) is 3.19. The first-order chi connectivity index (χ1) is 10.1. The lowest BCUT2D eigenvalue weighted by atomic mass is 10.3. The number of ether oxygens (including phenoxy) is 1. The van der Waals surface area contributed by atoms with Gasteiger partial charge < -0.3 is 15.4 Å². The quantitative estimate of drug-likeness (QED) is 0.629. The number of halogens is 1. The monoisotopic (exact) mass is 353 g/mol. The number of rotatable bonds is 5. The molecule has 1 aromatic heterocycles. The van der Waals surface area contributed by atoms with Crippen LogP contribution in [0.2, 0.25) is 0 Å². The molecule has 0 fully saturated rings. The molecule has 0 aliphatic carbocycles. The molecule has 0 spiro atoms. The Kier molecular flexibility index (Phi) is 4.53. The smallest absolute Gasteiger partial charge is 0.353 e. The Bertz CT molecular complexity index is 680. The van der Waals surface area contributed by atoms with E-state index < -0.39 is 4.92 Å². The highest BCUT2D eigenvalue weighted by atomic mass is 79.9. The van der Waals surface area contributed by atoms with E-state index in [4.69, 9.17) is 4.74 Å². The highest BCUT2D eigenvalue weighted by Crippen LogP contribution is 2.33. The minimum absolute atomic E-state index is 0.101. The van der Waals surface area contributed by atoms with Crippen molar-refractivity contribution in [2.45, 2.75) is 0 Å². The Morgan fingerprint density at radius 2 is 2.05 bits per heavy atom. The Balaban J connectivity index is 2.42. The van der Waals surface area contributed by atoms with Gasteiger partial charge in [0.25, 0.3) is 0 Å². The summed E-state index contributed by atoms with van der Waals surface area (Å²) in [6, 6.07) is 5.22. The van der Waals surface area contributed by atoms with E-state index in [-0.39, 0.29) is 17.3 Å². The second kappa shape index (κ2) is 6.35. The number of anilines is 3. The van der Waals surface area contributed by atoms with Crippen molar-refractivity contribution in [1.29, 1.82) is 0 Å². The number of aromatic nitrogens is 2. The van der Waals surface area contributed by atoms with E-state index in [0.717, 1.165) is 4.47 Å². The predicted molar refractivity (Wildman–Crippen MR) is 82.2 cm³/mol. The zero-order chi connectivity index (χ0) is 15.4. The summed E-state index contributed by atoms with van der Waals surface area (Å²) in [6.07, 6.45) is 1.25. The van der Waals surface area contributed by atoms with Gasteiger partial charge in [0.15, 0.2) is 0 Å². The van der Waals surface area contributed by atoms with E-state index in [1.807, 2.05) is 0 Å². The third-order valence-corrected chi connectivity index (χ3v) is 3.31. The van der Waals surface area contributed by atoms with Crippen LogP contribution in [0.3, 0.4) is 0 Å². The number of hydrogen-bond acceptors (Lipinski definition) is 7. The van der Waals surface area contributed by atoms with Gasteiger partial charge in [0.05, 0.1) is 16.5 Å². The maximum absolute atomic E-state index is 11.2. The van der Waals surface area contributed by atoms with Crippen molar-refractivity contribution in [2.24, 2.45) is 0 Å². The maximum atomic E-state index is 11.2. The van der Waals surface area contributed by atoms with Crippen LogP contribution in [0.4, 0.5) is 23.0 Å². The van der Waals surface area contributed by atoms with Crippen molar-refractivity contribution in [3.8, 4) is 5.75 Å². The summed E-state index contributed by atoms with van der Waals surface area (Å²) in [5, 5.41) is 16.7. The fourth-order valence-corrected chi connectivity index (χ4v) is 2.11. The zero-order valence-corrected chi connectivity index (χ0v) is 12.8. The van der Waals surface area contributed by atoms with Crippen molar-refractivity contribution in [3.05, 3.63) is 39.1 Å². The molecule has 0 aliphatic heterocycles. The van der Waals surface area contributed by atoms with E-state index >= 15 is 0 Å². The Morgan fingerprint density at radius 1 is 1.33 bits per heavy atom. The molecule has 0 saturated heterocycles. The number of nitro groups is 1. The first-order valence-corrected chi connectivity index (χ1v) is 6.63. The van der Waals surface area contributed by atoms with Gasteiger partial charge in [-0.25, -0.2) is 9.97 Å². The molecule has 0 saturated carbocycles. The molecule has 8 nitrogen and oxygen atoms in total. The topological polar surface area (TPSA) is 102 Å². The largest absolute Gasteiger partial charge is 0.495 e. The minimum atomic E-state index is -0.537. The Morgan fingerprint density at radius 3 is 2.67 bits per heavy atom. The summed E-state index contributed by atoms with van der Waals surface area (Å²) >= 11 is 3.34. The summed E-state index contributed by atoms with van der Waals surface area (Å²) in [5.41, 5.74) is 0.390. The first kappa shape index (κ1) is 15.0. The molecule has 1 aromatic carbocycles. The second-order valence-corrected chi connectivity index (χ2v) is 4.76. The van der Waals surface area contributed by atoms with Gasteiger partial charge in [0.1, 0.15) is 12.1 Å². The highest BCUT2D eigenvalue weighted by Gasteiger charge is 2.22. The van der Waals surface area contributed by atoms with Crippen LogP contribution in [0.1, 0.15) is 0 Å². The summed E-state index contributed by atoms with van der Waals surface area (Å²) < 4.78 is 5.96. The lowest BCUT2D eigenvalue weighted by Gasteiger charge is -2.10. The normalized spacial score (nSPS) is 10.0. The molecule has 0 atom stereocenters. The summed E-state index contributed by atoms with van der Waals surface area (Å²) in [4.78, 5) is 18.4. The molecular formula is C12H12BrN5O3. The highest BCUT2D eigenvalue weighted by molar-refractivity contribution is 9.10. The van der Waals surface area contributed by atoms with E-state index in [2.05, 4.69) is 36.5 Å². The van der Waals surface area contributed by atoms with Crippen molar-refractivity contribution >= 4 is 38.9 Å². The fourth-order valence-electron chi connectivity index (χ4n) is 1.70. The number of benzene rings is 1. The molecular weight excluding hydrogens is 342 g/mol. The molecule has 0 radical (unpaired) electrons. The van der Waals surface area contributed by atoms with Gasteiger partial charge in [-0.2, -0.15) is 0 Å². The van der Waals surface area contributed by atoms with Crippen LogP contribution in [-0.4, -0.2) is 29.0 Å². The zero-order valence-electron chi connectivity index (χ0n) is 11.3. The molecule has 0 amide bonds. The van der Waals surface area contributed by atoms with Crippen LogP contribution in [0.25, 0.3) is 0 Å². The molecule has 0 bridgehead atoms. The van der Waals surface area contributed by atoms with Crippen LogP contribution in [-0.2, 0) is 0 Å². The number of nitrogens with one attached hydrogen (secondary N) is 2. The molecule has 2 N–H and O–H groups in total. The molecule has 2 aromatic rings. The maximum Gasteiger partial charge on any atom is 0.353 e. The van der Waals surface area contributed by atoms with Crippen LogP contribution in [0.15, 0.2) is 29.0 Å². The van der Waals surface area contributed by atoms with E-state index in [1.165, 1.54) is 13.4 Å². The lowest BCUT2D eigenvalue weighted by Crippen LogP contribution is -2.05. The average Bonchev–Trinajstić information content (AvgIpc) is 2.48. The SMILES string of the molecule is CNc1ncnc(Nc2ccc(Br)c(OC)c2)c1[N+](=O)[O-]. The molecule has 1 heterocycles. The lowest BCUT2D eigenvalue weighted by molar-refractivity contribution is -0.383. The number of nitrogens with zero attached hydrogens (tertiary/aromatic N) is 3. The van der Waals surface area contributed by atoms with Crippen molar-refractivity contribution in [3.63, 3.8) is 0 Å².